The van der Waals surface area contributed by atoms with E-state index in [9.17, 15) is 13.2 Å². The Kier molecular flexibility index (Phi) is 4.32. The summed E-state index contributed by atoms with van der Waals surface area (Å²) in [5.74, 6) is 0.00910. The maximum absolute atomic E-state index is 12.0. The number of sulfonamides is 1. The summed E-state index contributed by atoms with van der Waals surface area (Å²) in [4.78, 5) is 12.2. The first-order chi connectivity index (χ1) is 9.53. The Bertz CT molecular complexity index is 692. The summed E-state index contributed by atoms with van der Waals surface area (Å²) in [6.45, 7) is 0. The van der Waals surface area contributed by atoms with Crippen molar-refractivity contribution in [2.24, 2.45) is 0 Å². The molecule has 0 atom stereocenters. The standard InChI is InChI=1S/C15H15NO3S/c1-16-20(18,19)14-9-7-12(8-10-14)11-15(17)13-5-3-2-4-6-13/h2-10,16H,11H2,1H3. The van der Waals surface area contributed by atoms with Gasteiger partial charge in [-0.2, -0.15) is 0 Å². The zero-order valence-corrected chi connectivity index (χ0v) is 11.9. The van der Waals surface area contributed by atoms with Gasteiger partial charge in [0, 0.05) is 12.0 Å². The molecule has 2 aromatic carbocycles. The van der Waals surface area contributed by atoms with Gasteiger partial charge < -0.3 is 0 Å². The molecule has 1 N–H and O–H groups in total. The third-order valence-electron chi connectivity index (χ3n) is 2.96. The quantitative estimate of drug-likeness (QED) is 0.857. The van der Waals surface area contributed by atoms with E-state index in [0.717, 1.165) is 5.56 Å². The molecule has 104 valence electrons. The van der Waals surface area contributed by atoms with E-state index in [0.29, 0.717) is 5.56 Å². The number of carbonyl (C=O) groups is 1. The SMILES string of the molecule is CNS(=O)(=O)c1ccc(CC(=O)c2ccccc2)cc1. The maximum Gasteiger partial charge on any atom is 0.240 e. The molecule has 0 bridgehead atoms. The van der Waals surface area contributed by atoms with Crippen LogP contribution in [0.1, 0.15) is 15.9 Å². The first-order valence-electron chi connectivity index (χ1n) is 6.13. The van der Waals surface area contributed by atoms with Gasteiger partial charge in [-0.1, -0.05) is 42.5 Å². The van der Waals surface area contributed by atoms with Crippen LogP contribution in [0.5, 0.6) is 0 Å². The number of benzene rings is 2. The fourth-order valence-electron chi connectivity index (χ4n) is 1.82. The van der Waals surface area contributed by atoms with Crippen LogP contribution in [0.4, 0.5) is 0 Å². The van der Waals surface area contributed by atoms with Crippen molar-refractivity contribution >= 4 is 15.8 Å². The zero-order chi connectivity index (χ0) is 14.6. The van der Waals surface area contributed by atoms with Crippen molar-refractivity contribution in [3.05, 3.63) is 65.7 Å². The monoisotopic (exact) mass is 289 g/mol. The molecule has 0 radical (unpaired) electrons. The van der Waals surface area contributed by atoms with Crippen LogP contribution in [0.25, 0.3) is 0 Å². The number of hydrogen-bond acceptors (Lipinski definition) is 3. The average Bonchev–Trinajstić information content (AvgIpc) is 2.48. The highest BCUT2D eigenvalue weighted by Gasteiger charge is 2.11. The molecule has 2 rings (SSSR count). The van der Waals surface area contributed by atoms with E-state index in [1.165, 1.54) is 19.2 Å². The summed E-state index contributed by atoms with van der Waals surface area (Å²) in [5, 5.41) is 0. The summed E-state index contributed by atoms with van der Waals surface area (Å²) < 4.78 is 25.4. The molecule has 2 aromatic rings. The van der Waals surface area contributed by atoms with Crippen LogP contribution >= 0.6 is 0 Å². The average molecular weight is 289 g/mol. The molecule has 0 saturated heterocycles. The first-order valence-corrected chi connectivity index (χ1v) is 7.62. The van der Waals surface area contributed by atoms with Gasteiger partial charge in [-0.3, -0.25) is 4.79 Å². The van der Waals surface area contributed by atoms with Gasteiger partial charge >= 0.3 is 0 Å². The largest absolute Gasteiger partial charge is 0.294 e. The van der Waals surface area contributed by atoms with Gasteiger partial charge in [0.1, 0.15) is 0 Å². The van der Waals surface area contributed by atoms with Crippen molar-refractivity contribution < 1.29 is 13.2 Å². The van der Waals surface area contributed by atoms with Gasteiger partial charge in [0.2, 0.25) is 10.0 Å². The molecule has 0 spiro atoms. The second kappa shape index (κ2) is 5.98. The molecule has 0 unspecified atom stereocenters. The van der Waals surface area contributed by atoms with Crippen molar-refractivity contribution in [1.29, 1.82) is 0 Å². The highest BCUT2D eigenvalue weighted by atomic mass is 32.2. The first kappa shape index (κ1) is 14.4. The van der Waals surface area contributed by atoms with E-state index in [-0.39, 0.29) is 17.1 Å². The Morgan fingerprint density at radius 2 is 1.60 bits per heavy atom. The summed E-state index contributed by atoms with van der Waals surface area (Å²) in [6, 6.07) is 15.3. The minimum atomic E-state index is -3.43. The topological polar surface area (TPSA) is 63.2 Å². The number of hydrogen-bond donors (Lipinski definition) is 1. The van der Waals surface area contributed by atoms with Gasteiger partial charge in [-0.05, 0) is 24.7 Å². The molecule has 0 saturated carbocycles. The summed E-state index contributed by atoms with van der Waals surface area (Å²) in [7, 11) is -2.07. The van der Waals surface area contributed by atoms with E-state index in [2.05, 4.69) is 4.72 Å². The Hall–Kier alpha value is -1.98. The molecule has 4 nitrogen and oxygen atoms in total. The minimum absolute atomic E-state index is 0.00910. The van der Waals surface area contributed by atoms with Gasteiger partial charge in [0.05, 0.1) is 4.90 Å². The lowest BCUT2D eigenvalue weighted by Gasteiger charge is -2.04. The van der Waals surface area contributed by atoms with Crippen molar-refractivity contribution in [2.45, 2.75) is 11.3 Å². The second-order valence-corrected chi connectivity index (χ2v) is 6.20. The van der Waals surface area contributed by atoms with Gasteiger partial charge in [-0.25, -0.2) is 13.1 Å². The third kappa shape index (κ3) is 3.31. The lowest BCUT2D eigenvalue weighted by Crippen LogP contribution is -2.18. The highest BCUT2D eigenvalue weighted by molar-refractivity contribution is 7.89. The maximum atomic E-state index is 12.0. The fourth-order valence-corrected chi connectivity index (χ4v) is 2.55. The highest BCUT2D eigenvalue weighted by Crippen LogP contribution is 2.12. The molecule has 0 aliphatic carbocycles. The Labute approximate surface area is 118 Å². The lowest BCUT2D eigenvalue weighted by atomic mass is 10.0. The summed E-state index contributed by atoms with van der Waals surface area (Å²) >= 11 is 0. The second-order valence-electron chi connectivity index (χ2n) is 4.32. The van der Waals surface area contributed by atoms with Crippen molar-refractivity contribution in [3.63, 3.8) is 0 Å². The lowest BCUT2D eigenvalue weighted by molar-refractivity contribution is 0.0993. The van der Waals surface area contributed by atoms with E-state index >= 15 is 0 Å². The van der Waals surface area contributed by atoms with Crippen LogP contribution in [-0.2, 0) is 16.4 Å². The van der Waals surface area contributed by atoms with E-state index in [1.54, 1.807) is 24.3 Å². The summed E-state index contributed by atoms with van der Waals surface area (Å²) in [5.41, 5.74) is 1.44. The molecule has 0 amide bonds. The van der Waals surface area contributed by atoms with Crippen LogP contribution in [-0.4, -0.2) is 21.2 Å². The fraction of sp³-hybridized carbons (Fsp3) is 0.133. The molecule has 0 aliphatic rings. The molecular weight excluding hydrogens is 274 g/mol. The molecule has 0 heterocycles. The van der Waals surface area contributed by atoms with Crippen molar-refractivity contribution in [1.82, 2.24) is 4.72 Å². The predicted octanol–water partition coefficient (Wildman–Crippen LogP) is 2.02. The number of carbonyl (C=O) groups excluding carboxylic acids is 1. The minimum Gasteiger partial charge on any atom is -0.294 e. The smallest absolute Gasteiger partial charge is 0.240 e. The van der Waals surface area contributed by atoms with Crippen molar-refractivity contribution in [2.75, 3.05) is 7.05 Å². The van der Waals surface area contributed by atoms with Crippen LogP contribution in [0.2, 0.25) is 0 Å². The van der Waals surface area contributed by atoms with Crippen LogP contribution < -0.4 is 4.72 Å². The normalized spacial score (nSPS) is 11.2. The number of ketones is 1. The molecular formula is C15H15NO3S. The van der Waals surface area contributed by atoms with Crippen LogP contribution in [0.3, 0.4) is 0 Å². The summed E-state index contributed by atoms with van der Waals surface area (Å²) in [6.07, 6.45) is 0.254. The van der Waals surface area contributed by atoms with E-state index in [4.69, 9.17) is 0 Å². The molecule has 0 fully saturated rings. The Balaban J connectivity index is 2.14. The van der Waals surface area contributed by atoms with E-state index in [1.807, 2.05) is 18.2 Å². The van der Waals surface area contributed by atoms with Crippen LogP contribution in [0.15, 0.2) is 59.5 Å². The van der Waals surface area contributed by atoms with E-state index < -0.39 is 10.0 Å². The Morgan fingerprint density at radius 3 is 2.15 bits per heavy atom. The number of Topliss-reactive ketones (excluding diaryl/α,β-unsaturated/α-hetero) is 1. The molecule has 0 aliphatic heterocycles. The zero-order valence-electron chi connectivity index (χ0n) is 11.0. The predicted molar refractivity (Wildman–Crippen MR) is 77.2 cm³/mol. The molecule has 20 heavy (non-hydrogen) atoms. The number of nitrogens with one attached hydrogen (secondary N) is 1. The molecule has 5 heteroatoms. The van der Waals surface area contributed by atoms with Gasteiger partial charge in [-0.15, -0.1) is 0 Å². The molecule has 0 aromatic heterocycles. The Morgan fingerprint density at radius 1 is 1.00 bits per heavy atom. The van der Waals surface area contributed by atoms with Gasteiger partial charge in [0.25, 0.3) is 0 Å². The van der Waals surface area contributed by atoms with Crippen molar-refractivity contribution in [3.8, 4) is 0 Å². The number of rotatable bonds is 5. The van der Waals surface area contributed by atoms with Gasteiger partial charge in [0.15, 0.2) is 5.78 Å². The third-order valence-corrected chi connectivity index (χ3v) is 4.39. The van der Waals surface area contributed by atoms with Crippen LogP contribution in [0, 0.1) is 0 Å².